The van der Waals surface area contributed by atoms with Gasteiger partial charge in [0.25, 0.3) is 0 Å². The van der Waals surface area contributed by atoms with Crippen molar-refractivity contribution < 1.29 is 38.6 Å². The van der Waals surface area contributed by atoms with Gasteiger partial charge in [0.15, 0.2) is 12.7 Å². The van der Waals surface area contributed by atoms with Crippen molar-refractivity contribution in [3.63, 3.8) is 0 Å². The molecule has 0 spiro atoms. The van der Waals surface area contributed by atoms with Crippen LogP contribution in [0.15, 0.2) is 91.1 Å². The topological polar surface area (TPSA) is 121 Å². The number of nitrogens with zero attached hydrogens (tertiary/aromatic N) is 2. The summed E-state index contributed by atoms with van der Waals surface area (Å²) in [5, 5.41) is 14.6. The fourth-order valence-electron chi connectivity index (χ4n) is 4.08. The summed E-state index contributed by atoms with van der Waals surface area (Å²) >= 11 is 0. The lowest BCUT2D eigenvalue weighted by Crippen LogP contribution is -2.68. The molecule has 1 atom stereocenters. The van der Waals surface area contributed by atoms with Crippen molar-refractivity contribution in [3.8, 4) is 0 Å². The van der Waals surface area contributed by atoms with Gasteiger partial charge in [0.2, 0.25) is 5.52 Å². The first kappa shape index (κ1) is 22.2. The monoisotopic (exact) mass is 452 g/mol. The highest BCUT2D eigenvalue weighted by atomic mass is 35.7. The van der Waals surface area contributed by atoms with Gasteiger partial charge in [-0.3, -0.25) is 0 Å². The Labute approximate surface area is 186 Å². The highest BCUT2D eigenvalue weighted by Crippen LogP contribution is 2.28. The number of aromatic nitrogens is 2. The van der Waals surface area contributed by atoms with Crippen molar-refractivity contribution in [2.24, 2.45) is 0 Å². The SMILES string of the molecule is OC(Cn1c2ccccc2c2ccccc21)C[n+]1cccc2ccccc21.[O-][Cl+3]([O-])([O-])[O-]. The maximum absolute atomic E-state index is 10.9. The first-order valence-electron chi connectivity index (χ1n) is 9.94. The Bertz CT molecular complexity index is 1300. The lowest BCUT2D eigenvalue weighted by atomic mass is 10.2. The maximum Gasteiger partial charge on any atom is 0.212 e. The molecule has 0 radical (unpaired) electrons. The molecule has 3 aromatic carbocycles. The van der Waals surface area contributed by atoms with Gasteiger partial charge in [-0.15, -0.1) is 10.2 Å². The Kier molecular flexibility index (Phi) is 6.38. The van der Waals surface area contributed by atoms with Crippen LogP contribution in [0.1, 0.15) is 0 Å². The van der Waals surface area contributed by atoms with Gasteiger partial charge in [-0.25, -0.2) is 18.6 Å². The molecule has 0 aliphatic heterocycles. The first-order chi connectivity index (χ1) is 15.3. The third kappa shape index (κ3) is 5.05. The molecule has 0 amide bonds. The van der Waals surface area contributed by atoms with Crippen LogP contribution < -0.4 is 23.2 Å². The van der Waals surface area contributed by atoms with Gasteiger partial charge in [0, 0.05) is 39.3 Å². The summed E-state index contributed by atoms with van der Waals surface area (Å²) in [7, 11) is -4.94. The van der Waals surface area contributed by atoms with Gasteiger partial charge in [-0.05, 0) is 24.3 Å². The normalized spacial score (nSPS) is 12.7. The average Bonchev–Trinajstić information content (AvgIpc) is 3.07. The van der Waals surface area contributed by atoms with E-state index in [0.29, 0.717) is 13.1 Å². The number of aliphatic hydroxyl groups is 1. The molecule has 0 aliphatic carbocycles. The lowest BCUT2D eigenvalue weighted by molar-refractivity contribution is -2.00. The minimum Gasteiger partial charge on any atom is -0.385 e. The first-order valence-corrected chi connectivity index (χ1v) is 11.2. The second-order valence-corrected chi connectivity index (χ2v) is 8.15. The van der Waals surface area contributed by atoms with Crippen LogP contribution in [0, 0.1) is 10.2 Å². The van der Waals surface area contributed by atoms with Crippen LogP contribution in [0.5, 0.6) is 0 Å². The van der Waals surface area contributed by atoms with E-state index < -0.39 is 16.3 Å². The number of para-hydroxylation sites is 3. The fourth-order valence-corrected chi connectivity index (χ4v) is 4.08. The molecule has 2 heterocycles. The van der Waals surface area contributed by atoms with E-state index in [2.05, 4.69) is 75.9 Å². The Morgan fingerprint density at radius 3 is 1.88 bits per heavy atom. The van der Waals surface area contributed by atoms with Crippen molar-refractivity contribution >= 4 is 32.7 Å². The zero-order chi connectivity index (χ0) is 22.7. The molecule has 0 aliphatic rings. The Balaban J connectivity index is 0.000000444. The molecule has 0 bridgehead atoms. The van der Waals surface area contributed by atoms with Gasteiger partial charge in [0.05, 0.1) is 6.54 Å². The minimum atomic E-state index is -4.94. The third-order valence-corrected chi connectivity index (χ3v) is 5.27. The zero-order valence-corrected chi connectivity index (χ0v) is 17.8. The van der Waals surface area contributed by atoms with Crippen LogP contribution >= 0.6 is 0 Å². The van der Waals surface area contributed by atoms with E-state index in [1.54, 1.807) is 0 Å². The van der Waals surface area contributed by atoms with Crippen LogP contribution in [-0.2, 0) is 13.1 Å². The van der Waals surface area contributed by atoms with E-state index in [0.717, 1.165) is 5.52 Å². The van der Waals surface area contributed by atoms with Gasteiger partial charge in [-0.1, -0.05) is 48.5 Å². The van der Waals surface area contributed by atoms with Crippen LogP contribution in [0.2, 0.25) is 0 Å². The van der Waals surface area contributed by atoms with Gasteiger partial charge in [-0.2, -0.15) is 4.57 Å². The van der Waals surface area contributed by atoms with Crippen LogP contribution in [-0.4, -0.2) is 15.8 Å². The van der Waals surface area contributed by atoms with Crippen molar-refractivity contribution in [1.82, 2.24) is 4.57 Å². The van der Waals surface area contributed by atoms with E-state index in [-0.39, 0.29) is 0 Å². The third-order valence-electron chi connectivity index (χ3n) is 5.27. The summed E-state index contributed by atoms with van der Waals surface area (Å²) in [6.45, 7) is 1.12. The van der Waals surface area contributed by atoms with E-state index >= 15 is 0 Å². The zero-order valence-electron chi connectivity index (χ0n) is 17.0. The molecule has 32 heavy (non-hydrogen) atoms. The molecule has 5 aromatic rings. The average molecular weight is 453 g/mol. The number of rotatable bonds is 4. The second kappa shape index (κ2) is 9.22. The molecule has 2 aromatic heterocycles. The number of hydrogen-bond acceptors (Lipinski definition) is 5. The summed E-state index contributed by atoms with van der Waals surface area (Å²) in [5.41, 5.74) is 3.47. The predicted molar refractivity (Wildman–Crippen MR) is 110 cm³/mol. The minimum absolute atomic E-state index is 0.486. The summed E-state index contributed by atoms with van der Waals surface area (Å²) in [6.07, 6.45) is 1.55. The number of hydrogen-bond donors (Lipinski definition) is 1. The van der Waals surface area contributed by atoms with E-state index in [1.807, 2.05) is 24.4 Å². The number of fused-ring (bicyclic) bond motifs is 4. The van der Waals surface area contributed by atoms with Crippen molar-refractivity contribution in [2.45, 2.75) is 19.2 Å². The lowest BCUT2D eigenvalue weighted by Gasteiger charge is -2.17. The highest BCUT2D eigenvalue weighted by molar-refractivity contribution is 6.07. The summed E-state index contributed by atoms with van der Waals surface area (Å²) in [5.74, 6) is 0. The number of benzene rings is 3. The Morgan fingerprint density at radius 2 is 1.25 bits per heavy atom. The molecule has 0 saturated carbocycles. The van der Waals surface area contributed by atoms with E-state index in [4.69, 9.17) is 18.6 Å². The molecule has 7 nitrogen and oxygen atoms in total. The van der Waals surface area contributed by atoms with E-state index in [1.165, 1.54) is 27.2 Å². The predicted octanol–water partition coefficient (Wildman–Crippen LogP) is -0.460. The smallest absolute Gasteiger partial charge is 0.212 e. The Hall–Kier alpha value is -3.04. The quantitative estimate of drug-likeness (QED) is 0.370. The molecule has 1 N–H and O–H groups in total. The molecule has 164 valence electrons. The van der Waals surface area contributed by atoms with Gasteiger partial charge in [0.1, 0.15) is 6.10 Å². The molecular formula is C24H21ClN2O5. The van der Waals surface area contributed by atoms with Crippen molar-refractivity contribution in [2.75, 3.05) is 0 Å². The number of pyridine rings is 1. The van der Waals surface area contributed by atoms with Crippen LogP contribution in [0.25, 0.3) is 32.7 Å². The van der Waals surface area contributed by atoms with E-state index in [9.17, 15) is 5.11 Å². The molecule has 5 rings (SSSR count). The second-order valence-electron chi connectivity index (χ2n) is 7.40. The molecular weight excluding hydrogens is 432 g/mol. The van der Waals surface area contributed by atoms with Crippen LogP contribution in [0.4, 0.5) is 0 Å². The molecule has 0 saturated heterocycles. The van der Waals surface area contributed by atoms with Gasteiger partial charge < -0.3 is 9.67 Å². The molecule has 0 fully saturated rings. The standard InChI is InChI=1S/C24H21N2O.ClHO4/c27-19(16-25-15-7-9-18-8-1-4-12-22(18)25)17-26-23-13-5-2-10-20(23)21-11-3-6-14-24(21)26;2-1(3,4)5/h1-15,19,27H,16-17H2;(H,2,3,4,5)/q+1;/p-1. The Morgan fingerprint density at radius 1 is 0.750 bits per heavy atom. The van der Waals surface area contributed by atoms with Crippen LogP contribution in [0.3, 0.4) is 0 Å². The van der Waals surface area contributed by atoms with Gasteiger partial charge >= 0.3 is 0 Å². The maximum atomic E-state index is 10.9. The summed E-state index contributed by atoms with van der Waals surface area (Å²) in [4.78, 5) is 0. The summed E-state index contributed by atoms with van der Waals surface area (Å²) in [6, 6.07) is 29.3. The molecule has 1 unspecified atom stereocenters. The largest absolute Gasteiger partial charge is 0.385 e. The fraction of sp³-hybridized carbons (Fsp3) is 0.125. The molecule has 8 heteroatoms. The van der Waals surface area contributed by atoms with Crippen molar-refractivity contribution in [3.05, 3.63) is 91.1 Å². The van der Waals surface area contributed by atoms with Crippen molar-refractivity contribution in [1.29, 1.82) is 0 Å². The summed E-state index contributed by atoms with van der Waals surface area (Å²) < 4.78 is 38.3. The number of halogens is 1. The highest BCUT2D eigenvalue weighted by Gasteiger charge is 2.18. The number of aliphatic hydroxyl groups excluding tert-OH is 1.